The highest BCUT2D eigenvalue weighted by atomic mass is 35.5. The Hall–Kier alpha value is -1.05. The van der Waals surface area contributed by atoms with Gasteiger partial charge in [-0.25, -0.2) is 0 Å². The number of hydrogen-bond donors (Lipinski definition) is 2. The molecule has 0 aliphatic carbocycles. The zero-order valence-corrected chi connectivity index (χ0v) is 10.5. The molecule has 0 amide bonds. The Bertz CT molecular complexity index is 384. The van der Waals surface area contributed by atoms with Crippen LogP contribution in [0, 0.1) is 0 Å². The zero-order chi connectivity index (χ0) is 12.3. The molecule has 0 saturated heterocycles. The highest BCUT2D eigenvalue weighted by Crippen LogP contribution is 2.27. The minimum atomic E-state index is -4.49. The Labute approximate surface area is 113 Å². The lowest BCUT2D eigenvalue weighted by Crippen LogP contribution is -2.32. The number of alkyl halides is 3. The Kier molecular flexibility index (Phi) is 7.93. The smallest absolute Gasteiger partial charge is 0.433 e. The van der Waals surface area contributed by atoms with Crippen LogP contribution in [0.25, 0.3) is 0 Å². The summed E-state index contributed by atoms with van der Waals surface area (Å²) >= 11 is 0. The number of pyridine rings is 1. The number of carboxylic acid groups (broad SMARTS) is 1. The van der Waals surface area contributed by atoms with E-state index >= 15 is 0 Å². The molecule has 1 rings (SSSR count). The molecule has 0 spiro atoms. The summed E-state index contributed by atoms with van der Waals surface area (Å²) in [5.41, 5.74) is 4.56. The molecule has 104 valence electrons. The number of nitrogens with two attached hydrogens (primary N) is 1. The maximum absolute atomic E-state index is 12.1. The first kappa shape index (κ1) is 19.3. The standard InChI is InChI=1S/C9H9F3N2O2.2ClH/c10-9(11,12)7-2-1-5(4-14-7)3-6(13)8(15)16;;/h1-2,4,6H,3,13H2,(H,15,16);2*1H/t6-;;/m0../s1. The molecule has 0 fully saturated rings. The van der Waals surface area contributed by atoms with Crippen LogP contribution in [0.5, 0.6) is 0 Å². The van der Waals surface area contributed by atoms with E-state index in [0.717, 1.165) is 12.3 Å². The van der Waals surface area contributed by atoms with Crippen LogP contribution in [0.1, 0.15) is 11.3 Å². The van der Waals surface area contributed by atoms with Crippen molar-refractivity contribution in [3.8, 4) is 0 Å². The van der Waals surface area contributed by atoms with E-state index in [9.17, 15) is 18.0 Å². The quantitative estimate of drug-likeness (QED) is 0.894. The van der Waals surface area contributed by atoms with Crippen LogP contribution in [-0.2, 0) is 17.4 Å². The van der Waals surface area contributed by atoms with Crippen LogP contribution in [0.2, 0.25) is 0 Å². The fraction of sp³-hybridized carbons (Fsp3) is 0.333. The lowest BCUT2D eigenvalue weighted by atomic mass is 10.1. The monoisotopic (exact) mass is 306 g/mol. The number of nitrogens with zero attached hydrogens (tertiary/aromatic N) is 1. The van der Waals surface area contributed by atoms with Crippen molar-refractivity contribution >= 4 is 30.8 Å². The molecule has 1 atom stereocenters. The van der Waals surface area contributed by atoms with Gasteiger partial charge in [0, 0.05) is 6.20 Å². The van der Waals surface area contributed by atoms with Crippen molar-refractivity contribution in [3.63, 3.8) is 0 Å². The van der Waals surface area contributed by atoms with E-state index in [0.29, 0.717) is 5.56 Å². The third-order valence-corrected chi connectivity index (χ3v) is 1.89. The lowest BCUT2D eigenvalue weighted by molar-refractivity contribution is -0.141. The third-order valence-electron chi connectivity index (χ3n) is 1.89. The van der Waals surface area contributed by atoms with E-state index in [1.807, 2.05) is 0 Å². The van der Waals surface area contributed by atoms with Gasteiger partial charge in [0.1, 0.15) is 11.7 Å². The second kappa shape index (κ2) is 7.40. The first-order chi connectivity index (χ1) is 7.30. The maximum atomic E-state index is 12.1. The number of rotatable bonds is 3. The van der Waals surface area contributed by atoms with Crippen LogP contribution in [-0.4, -0.2) is 22.1 Å². The molecule has 0 radical (unpaired) electrons. The van der Waals surface area contributed by atoms with E-state index in [2.05, 4.69) is 4.98 Å². The second-order valence-corrected chi connectivity index (χ2v) is 3.20. The van der Waals surface area contributed by atoms with Gasteiger partial charge in [0.05, 0.1) is 0 Å². The predicted molar refractivity (Wildman–Crippen MR) is 63.1 cm³/mol. The Balaban J connectivity index is 0. The number of aliphatic carboxylic acids is 1. The first-order valence-corrected chi connectivity index (χ1v) is 4.31. The highest BCUT2D eigenvalue weighted by Gasteiger charge is 2.32. The largest absolute Gasteiger partial charge is 0.480 e. The molecule has 0 bridgehead atoms. The molecule has 0 unspecified atom stereocenters. The summed E-state index contributed by atoms with van der Waals surface area (Å²) in [6.45, 7) is 0. The molecule has 1 aromatic rings. The van der Waals surface area contributed by atoms with Crippen molar-refractivity contribution < 1.29 is 23.1 Å². The number of aromatic nitrogens is 1. The third kappa shape index (κ3) is 5.52. The van der Waals surface area contributed by atoms with Gasteiger partial charge in [-0.05, 0) is 18.1 Å². The molecular weight excluding hydrogens is 296 g/mol. The van der Waals surface area contributed by atoms with Gasteiger partial charge in [-0.2, -0.15) is 13.2 Å². The van der Waals surface area contributed by atoms with Gasteiger partial charge in [0.25, 0.3) is 0 Å². The Morgan fingerprint density at radius 3 is 2.28 bits per heavy atom. The summed E-state index contributed by atoms with van der Waals surface area (Å²) in [5.74, 6) is -1.21. The zero-order valence-electron chi connectivity index (χ0n) is 8.85. The highest BCUT2D eigenvalue weighted by molar-refractivity contribution is 5.85. The first-order valence-electron chi connectivity index (χ1n) is 4.31. The summed E-state index contributed by atoms with van der Waals surface area (Å²) in [6.07, 6.45) is -3.57. The van der Waals surface area contributed by atoms with Crippen LogP contribution in [0.15, 0.2) is 18.3 Å². The van der Waals surface area contributed by atoms with Gasteiger partial charge in [-0.3, -0.25) is 9.78 Å². The van der Waals surface area contributed by atoms with Crippen LogP contribution in [0.4, 0.5) is 13.2 Å². The second-order valence-electron chi connectivity index (χ2n) is 3.20. The predicted octanol–water partition coefficient (Wildman–Crippen LogP) is 1.90. The van der Waals surface area contributed by atoms with Crippen LogP contribution in [0.3, 0.4) is 0 Å². The van der Waals surface area contributed by atoms with Gasteiger partial charge >= 0.3 is 12.1 Å². The maximum Gasteiger partial charge on any atom is 0.433 e. The normalized spacial score (nSPS) is 12.0. The summed E-state index contributed by atoms with van der Waals surface area (Å²) in [5, 5.41) is 8.50. The van der Waals surface area contributed by atoms with Crippen molar-refractivity contribution in [3.05, 3.63) is 29.6 Å². The Morgan fingerprint density at radius 1 is 1.39 bits per heavy atom. The average Bonchev–Trinajstić information content (AvgIpc) is 2.17. The molecule has 0 saturated carbocycles. The number of carbonyl (C=O) groups is 1. The molecule has 1 heterocycles. The van der Waals surface area contributed by atoms with Crippen molar-refractivity contribution in [1.82, 2.24) is 4.98 Å². The van der Waals surface area contributed by atoms with E-state index in [1.165, 1.54) is 6.07 Å². The van der Waals surface area contributed by atoms with Gasteiger partial charge in [-0.15, -0.1) is 24.8 Å². The summed E-state index contributed by atoms with van der Waals surface area (Å²) < 4.78 is 36.4. The minimum Gasteiger partial charge on any atom is -0.480 e. The van der Waals surface area contributed by atoms with Crippen molar-refractivity contribution in [2.24, 2.45) is 5.73 Å². The molecule has 0 aliphatic heterocycles. The fourth-order valence-corrected chi connectivity index (χ4v) is 1.05. The number of carboxylic acids is 1. The Morgan fingerprint density at radius 2 is 1.94 bits per heavy atom. The van der Waals surface area contributed by atoms with Crippen molar-refractivity contribution in [2.75, 3.05) is 0 Å². The summed E-state index contributed by atoms with van der Waals surface area (Å²) in [4.78, 5) is 13.6. The molecule has 9 heteroatoms. The average molecular weight is 307 g/mol. The van der Waals surface area contributed by atoms with Crippen LogP contribution >= 0.6 is 24.8 Å². The molecule has 1 aromatic heterocycles. The van der Waals surface area contributed by atoms with Gasteiger partial charge in [0.15, 0.2) is 0 Å². The van der Waals surface area contributed by atoms with E-state index in [-0.39, 0.29) is 31.2 Å². The van der Waals surface area contributed by atoms with Gasteiger partial charge in [0.2, 0.25) is 0 Å². The molecule has 18 heavy (non-hydrogen) atoms. The minimum absolute atomic E-state index is 0. The van der Waals surface area contributed by atoms with Crippen LogP contribution < -0.4 is 5.73 Å². The SMILES string of the molecule is Cl.Cl.N[C@@H](Cc1ccc(C(F)(F)F)nc1)C(=O)O. The van der Waals surface area contributed by atoms with Gasteiger partial charge in [-0.1, -0.05) is 6.07 Å². The summed E-state index contributed by atoms with van der Waals surface area (Å²) in [6, 6.07) is 0.821. The molecule has 0 aromatic carbocycles. The lowest BCUT2D eigenvalue weighted by Gasteiger charge is -2.08. The summed E-state index contributed by atoms with van der Waals surface area (Å²) in [7, 11) is 0. The van der Waals surface area contributed by atoms with Gasteiger partial charge < -0.3 is 10.8 Å². The fourth-order valence-electron chi connectivity index (χ4n) is 1.05. The number of hydrogen-bond acceptors (Lipinski definition) is 3. The van der Waals surface area contributed by atoms with E-state index in [4.69, 9.17) is 10.8 Å². The van der Waals surface area contributed by atoms with E-state index < -0.39 is 23.9 Å². The van der Waals surface area contributed by atoms with Crippen molar-refractivity contribution in [2.45, 2.75) is 18.6 Å². The molecule has 4 nitrogen and oxygen atoms in total. The number of halogens is 5. The van der Waals surface area contributed by atoms with Crippen molar-refractivity contribution in [1.29, 1.82) is 0 Å². The van der Waals surface area contributed by atoms with E-state index in [1.54, 1.807) is 0 Å². The molecular formula is C9H11Cl2F3N2O2. The topological polar surface area (TPSA) is 76.2 Å². The molecule has 0 aliphatic rings. The molecule has 3 N–H and O–H groups in total.